The quantitative estimate of drug-likeness (QED) is 0.0784. The second-order valence-electron chi connectivity index (χ2n) is 14.8. The predicted octanol–water partition coefficient (Wildman–Crippen LogP) is 6.63. The van der Waals surface area contributed by atoms with Crippen LogP contribution in [0.1, 0.15) is 49.8 Å². The van der Waals surface area contributed by atoms with E-state index in [4.69, 9.17) is 18.6 Å². The van der Waals surface area contributed by atoms with Crippen molar-refractivity contribution in [3.63, 3.8) is 0 Å². The number of hydrogen-bond donors (Lipinski definition) is 1. The maximum Gasteiger partial charge on any atom is 0.303 e. The molecule has 1 N–H and O–H groups in total. The normalized spacial score (nSPS) is 19.8. The first-order valence-electron chi connectivity index (χ1n) is 18.5. The highest BCUT2D eigenvalue weighted by Crippen LogP contribution is 2.45. The standard InChI is InChI=1S/C44H45N5O6Si/c1-6-44(28-53-56(43(3,4)5,34-23-15-9-16-24-34)35-25-17-10-18-26-35)38(52-27-32-19-11-7-12-20-32)37(54-31(2)50)42(55-44)49-30-47-36-39(45-29-46-40(36)49)48-41(51)33-21-13-8-14-22-33/h6-26,29-30,37-38,42H,1,27-28H2,2-5H3,(H,45,46,48,51)/t37-,38+,42-,44-/m1/s1. The van der Waals surface area contributed by atoms with Crippen molar-refractivity contribution < 1.29 is 28.2 Å². The van der Waals surface area contributed by atoms with Crippen molar-refractivity contribution in [2.75, 3.05) is 11.9 Å². The molecule has 0 aliphatic carbocycles. The zero-order chi connectivity index (χ0) is 39.3. The molecule has 0 saturated carbocycles. The van der Waals surface area contributed by atoms with E-state index in [-0.39, 0.29) is 30.0 Å². The molecule has 3 heterocycles. The fourth-order valence-electron chi connectivity index (χ4n) is 7.53. The SMILES string of the molecule is C=C[C@]1(CO[Si](c2ccccc2)(c2ccccc2)C(C)(C)C)O[C@@H](n2cnc3c(NC(=O)c4ccccc4)ncnc32)[C@H](OC(C)=O)[C@@H]1OCc1ccccc1. The van der Waals surface area contributed by atoms with Gasteiger partial charge in [0.15, 0.2) is 29.3 Å². The average Bonchev–Trinajstić information content (AvgIpc) is 3.77. The number of carbonyl (C=O) groups is 2. The van der Waals surface area contributed by atoms with Crippen LogP contribution in [0.15, 0.2) is 147 Å². The van der Waals surface area contributed by atoms with Crippen molar-refractivity contribution >= 4 is 47.5 Å². The molecule has 1 fully saturated rings. The van der Waals surface area contributed by atoms with Crippen LogP contribution in [-0.2, 0) is 30.0 Å². The van der Waals surface area contributed by atoms with Crippen LogP contribution in [0.2, 0.25) is 5.04 Å². The van der Waals surface area contributed by atoms with E-state index in [2.05, 4.69) is 71.9 Å². The van der Waals surface area contributed by atoms with Gasteiger partial charge in [0.25, 0.3) is 14.2 Å². The molecule has 0 unspecified atom stereocenters. The Hall–Kier alpha value is -5.79. The zero-order valence-corrected chi connectivity index (χ0v) is 32.9. The fourth-order valence-corrected chi connectivity index (χ4v) is 12.1. The number of amides is 1. The van der Waals surface area contributed by atoms with Gasteiger partial charge in [-0.15, -0.1) is 6.58 Å². The zero-order valence-electron chi connectivity index (χ0n) is 31.9. The van der Waals surface area contributed by atoms with Gasteiger partial charge in [0.2, 0.25) is 0 Å². The van der Waals surface area contributed by atoms with Gasteiger partial charge in [-0.1, -0.05) is 136 Å². The first-order chi connectivity index (χ1) is 27.1. The maximum absolute atomic E-state index is 13.2. The van der Waals surface area contributed by atoms with Crippen molar-refractivity contribution in [3.8, 4) is 0 Å². The number of carbonyl (C=O) groups excluding carboxylic acids is 2. The number of rotatable bonds is 13. The lowest BCUT2D eigenvalue weighted by Crippen LogP contribution is -2.68. The molecule has 56 heavy (non-hydrogen) atoms. The molecule has 12 heteroatoms. The van der Waals surface area contributed by atoms with Crippen LogP contribution >= 0.6 is 0 Å². The predicted molar refractivity (Wildman–Crippen MR) is 217 cm³/mol. The number of imidazole rings is 1. The van der Waals surface area contributed by atoms with E-state index < -0.39 is 38.3 Å². The smallest absolute Gasteiger partial charge is 0.303 e. The molecule has 4 aromatic carbocycles. The highest BCUT2D eigenvalue weighted by Gasteiger charge is 2.60. The number of fused-ring (bicyclic) bond motifs is 1. The molecule has 11 nitrogen and oxygen atoms in total. The molecule has 1 aliphatic rings. The minimum atomic E-state index is -3.10. The molecular weight excluding hydrogens is 723 g/mol. The number of aromatic nitrogens is 4. The second kappa shape index (κ2) is 16.1. The Labute approximate surface area is 327 Å². The lowest BCUT2D eigenvalue weighted by Gasteiger charge is -2.45. The summed E-state index contributed by atoms with van der Waals surface area (Å²) in [5.41, 5.74) is 0.704. The third-order valence-corrected chi connectivity index (χ3v) is 15.1. The van der Waals surface area contributed by atoms with Gasteiger partial charge in [0.05, 0.1) is 19.5 Å². The molecule has 1 saturated heterocycles. The highest BCUT2D eigenvalue weighted by molar-refractivity contribution is 6.99. The Kier molecular flexibility index (Phi) is 11.1. The summed E-state index contributed by atoms with van der Waals surface area (Å²) in [5, 5.41) is 4.70. The number of esters is 1. The number of nitrogens with one attached hydrogen (secondary N) is 1. The number of hydrogen-bond acceptors (Lipinski definition) is 9. The van der Waals surface area contributed by atoms with Crippen LogP contribution in [0.4, 0.5) is 5.82 Å². The van der Waals surface area contributed by atoms with Gasteiger partial charge in [-0.05, 0) is 33.1 Å². The van der Waals surface area contributed by atoms with Crippen LogP contribution in [-0.4, -0.2) is 64.1 Å². The van der Waals surface area contributed by atoms with Gasteiger partial charge in [-0.3, -0.25) is 14.2 Å². The van der Waals surface area contributed by atoms with Crippen molar-refractivity contribution in [2.45, 2.75) is 63.4 Å². The van der Waals surface area contributed by atoms with Crippen LogP contribution in [0.3, 0.4) is 0 Å². The Morgan fingerprint density at radius 1 is 0.875 bits per heavy atom. The highest BCUT2D eigenvalue weighted by atomic mass is 28.4. The molecule has 1 amide bonds. The van der Waals surface area contributed by atoms with E-state index in [9.17, 15) is 9.59 Å². The molecule has 7 rings (SSSR count). The monoisotopic (exact) mass is 767 g/mol. The van der Waals surface area contributed by atoms with E-state index in [0.29, 0.717) is 16.7 Å². The Balaban J connectivity index is 1.33. The summed E-state index contributed by atoms with van der Waals surface area (Å²) in [7, 11) is -3.10. The topological polar surface area (TPSA) is 127 Å². The number of nitrogens with zero attached hydrogens (tertiary/aromatic N) is 4. The third kappa shape index (κ3) is 7.43. The largest absolute Gasteiger partial charge is 0.455 e. The minimum Gasteiger partial charge on any atom is -0.455 e. The molecule has 2 aromatic heterocycles. The summed E-state index contributed by atoms with van der Waals surface area (Å²) in [6.45, 7) is 12.4. The second-order valence-corrected chi connectivity index (χ2v) is 19.1. The fraction of sp³-hybridized carbons (Fsp3) is 0.250. The van der Waals surface area contributed by atoms with E-state index in [1.807, 2.05) is 72.8 Å². The van der Waals surface area contributed by atoms with Gasteiger partial charge in [0.1, 0.15) is 18.0 Å². The molecule has 0 spiro atoms. The maximum atomic E-state index is 13.2. The van der Waals surface area contributed by atoms with Crippen LogP contribution in [0, 0.1) is 0 Å². The number of ether oxygens (including phenoxy) is 3. The molecule has 0 radical (unpaired) electrons. The summed E-state index contributed by atoms with van der Waals surface area (Å²) in [5.74, 6) is -0.665. The average molecular weight is 768 g/mol. The Morgan fingerprint density at radius 2 is 1.46 bits per heavy atom. The van der Waals surface area contributed by atoms with Crippen LogP contribution < -0.4 is 15.7 Å². The summed E-state index contributed by atoms with van der Waals surface area (Å²) in [4.78, 5) is 39.6. The van der Waals surface area contributed by atoms with Crippen molar-refractivity contribution in [1.29, 1.82) is 0 Å². The van der Waals surface area contributed by atoms with Gasteiger partial charge in [-0.25, -0.2) is 15.0 Å². The molecule has 4 atom stereocenters. The molecule has 0 bridgehead atoms. The van der Waals surface area contributed by atoms with Crippen molar-refractivity contribution in [2.24, 2.45) is 0 Å². The first kappa shape index (κ1) is 38.5. The van der Waals surface area contributed by atoms with Gasteiger partial charge < -0.3 is 24.0 Å². The number of benzene rings is 4. The summed E-state index contributed by atoms with van der Waals surface area (Å²) in [6.07, 6.45) is 1.66. The molecule has 286 valence electrons. The lowest BCUT2D eigenvalue weighted by atomic mass is 9.95. The van der Waals surface area contributed by atoms with Crippen LogP contribution in [0.5, 0.6) is 0 Å². The van der Waals surface area contributed by atoms with Crippen molar-refractivity contribution in [3.05, 3.63) is 158 Å². The molecule has 6 aromatic rings. The minimum absolute atomic E-state index is 0.0114. The van der Waals surface area contributed by atoms with Gasteiger partial charge in [-0.2, -0.15) is 0 Å². The first-order valence-corrected chi connectivity index (χ1v) is 20.4. The molecule has 1 aliphatic heterocycles. The summed E-state index contributed by atoms with van der Waals surface area (Å²) in [6, 6.07) is 39.2. The van der Waals surface area contributed by atoms with Crippen molar-refractivity contribution in [1.82, 2.24) is 19.5 Å². The lowest BCUT2D eigenvalue weighted by molar-refractivity contribution is -0.158. The molecular formula is C44H45N5O6Si. The van der Waals surface area contributed by atoms with Gasteiger partial charge >= 0.3 is 5.97 Å². The van der Waals surface area contributed by atoms with E-state index >= 15 is 0 Å². The van der Waals surface area contributed by atoms with E-state index in [1.54, 1.807) is 34.9 Å². The Morgan fingerprint density at radius 3 is 2.04 bits per heavy atom. The third-order valence-electron chi connectivity index (χ3n) is 10.2. The van der Waals surface area contributed by atoms with Gasteiger partial charge in [0, 0.05) is 12.5 Å². The van der Waals surface area contributed by atoms with E-state index in [1.165, 1.54) is 19.6 Å². The summed E-state index contributed by atoms with van der Waals surface area (Å²) >= 11 is 0. The Bertz CT molecular complexity index is 2250. The van der Waals surface area contributed by atoms with Crippen LogP contribution in [0.25, 0.3) is 11.2 Å². The van der Waals surface area contributed by atoms with E-state index in [0.717, 1.165) is 15.9 Å². The summed E-state index contributed by atoms with van der Waals surface area (Å²) < 4.78 is 29.1. The number of anilines is 1.